The van der Waals surface area contributed by atoms with Crippen LogP contribution in [0.5, 0.6) is 5.75 Å². The van der Waals surface area contributed by atoms with Crippen molar-refractivity contribution in [3.8, 4) is 5.75 Å². The molecule has 2 nitrogen and oxygen atoms in total. The highest BCUT2D eigenvalue weighted by atomic mass is 79.9. The van der Waals surface area contributed by atoms with Crippen molar-refractivity contribution in [2.75, 3.05) is 6.61 Å². The van der Waals surface area contributed by atoms with E-state index in [0.717, 1.165) is 22.1 Å². The number of aldehydes is 1. The molecule has 1 rings (SSSR count). The van der Waals surface area contributed by atoms with Crippen molar-refractivity contribution in [3.05, 3.63) is 27.7 Å². The molecule has 0 bridgehead atoms. The fourth-order valence-electron chi connectivity index (χ4n) is 1.05. The molecule has 0 N–H and O–H groups in total. The van der Waals surface area contributed by atoms with E-state index in [0.29, 0.717) is 12.2 Å². The summed E-state index contributed by atoms with van der Waals surface area (Å²) in [7, 11) is 0. The van der Waals surface area contributed by atoms with E-state index in [9.17, 15) is 4.79 Å². The molecule has 3 heteroatoms. The Morgan fingerprint density at radius 1 is 1.54 bits per heavy atom. The summed E-state index contributed by atoms with van der Waals surface area (Å²) in [4.78, 5) is 10.7. The van der Waals surface area contributed by atoms with E-state index in [-0.39, 0.29) is 0 Å². The van der Waals surface area contributed by atoms with Crippen LogP contribution in [0.3, 0.4) is 0 Å². The van der Waals surface area contributed by atoms with Gasteiger partial charge in [0.25, 0.3) is 0 Å². The second kappa shape index (κ2) is 4.42. The summed E-state index contributed by atoms with van der Waals surface area (Å²) in [6.45, 7) is 4.41. The normalized spacial score (nSPS) is 9.77. The largest absolute Gasteiger partial charge is 0.494 e. The fraction of sp³-hybridized carbons (Fsp3) is 0.300. The average Bonchev–Trinajstić information content (AvgIpc) is 2.11. The Kier molecular flexibility index (Phi) is 3.48. The van der Waals surface area contributed by atoms with E-state index in [2.05, 4.69) is 15.9 Å². The number of hydrogen-bond donors (Lipinski definition) is 0. The van der Waals surface area contributed by atoms with Crippen molar-refractivity contribution in [1.82, 2.24) is 0 Å². The summed E-state index contributed by atoms with van der Waals surface area (Å²) < 4.78 is 6.20. The molecule has 13 heavy (non-hydrogen) atoms. The van der Waals surface area contributed by atoms with Crippen LogP contribution >= 0.6 is 15.9 Å². The summed E-state index contributed by atoms with van der Waals surface area (Å²) in [5, 5.41) is 0. The molecule has 0 radical (unpaired) electrons. The topological polar surface area (TPSA) is 26.3 Å². The van der Waals surface area contributed by atoms with E-state index in [1.807, 2.05) is 19.9 Å². The van der Waals surface area contributed by atoms with Gasteiger partial charge >= 0.3 is 0 Å². The molecule has 1 aromatic rings. The number of carbonyl (C=O) groups is 1. The van der Waals surface area contributed by atoms with Crippen LogP contribution in [-0.4, -0.2) is 12.9 Å². The molecule has 1 aromatic carbocycles. The van der Waals surface area contributed by atoms with Crippen molar-refractivity contribution >= 4 is 22.2 Å². The lowest BCUT2D eigenvalue weighted by Crippen LogP contribution is -1.95. The molecule has 0 spiro atoms. The Labute approximate surface area is 86.0 Å². The first kappa shape index (κ1) is 10.3. The third kappa shape index (κ3) is 2.31. The van der Waals surface area contributed by atoms with Crippen molar-refractivity contribution in [2.24, 2.45) is 0 Å². The van der Waals surface area contributed by atoms with Crippen LogP contribution in [0.1, 0.15) is 22.8 Å². The molecule has 0 amide bonds. The van der Waals surface area contributed by atoms with Gasteiger partial charge in [-0.2, -0.15) is 0 Å². The summed E-state index contributed by atoms with van der Waals surface area (Å²) >= 11 is 3.37. The first-order chi connectivity index (χ1) is 6.19. The highest BCUT2D eigenvalue weighted by molar-refractivity contribution is 9.10. The zero-order valence-electron chi connectivity index (χ0n) is 7.63. The van der Waals surface area contributed by atoms with Gasteiger partial charge in [-0.05, 0) is 31.5 Å². The monoisotopic (exact) mass is 242 g/mol. The minimum absolute atomic E-state index is 0.605. The Hall–Kier alpha value is -0.830. The fourth-order valence-corrected chi connectivity index (χ4v) is 1.50. The number of hydrogen-bond acceptors (Lipinski definition) is 2. The summed E-state index contributed by atoms with van der Waals surface area (Å²) in [5.41, 5.74) is 1.61. The molecule has 0 aliphatic heterocycles. The lowest BCUT2D eigenvalue weighted by molar-refractivity contribution is 0.112. The van der Waals surface area contributed by atoms with Crippen LogP contribution in [0.25, 0.3) is 0 Å². The molecule has 0 saturated carbocycles. The first-order valence-electron chi connectivity index (χ1n) is 4.07. The lowest BCUT2D eigenvalue weighted by Gasteiger charge is -2.07. The van der Waals surface area contributed by atoms with E-state index < -0.39 is 0 Å². The summed E-state index contributed by atoms with van der Waals surface area (Å²) in [6.07, 6.45) is 0.836. The van der Waals surface area contributed by atoms with E-state index >= 15 is 0 Å². The Balaban J connectivity index is 3.14. The van der Waals surface area contributed by atoms with Gasteiger partial charge in [0, 0.05) is 10.0 Å². The number of benzene rings is 1. The van der Waals surface area contributed by atoms with Gasteiger partial charge in [-0.25, -0.2) is 0 Å². The molecule has 0 aliphatic rings. The third-order valence-electron chi connectivity index (χ3n) is 1.80. The molecular formula is C10H11BrO2. The highest BCUT2D eigenvalue weighted by Gasteiger charge is 2.04. The van der Waals surface area contributed by atoms with Gasteiger partial charge < -0.3 is 4.74 Å². The van der Waals surface area contributed by atoms with Crippen LogP contribution in [-0.2, 0) is 0 Å². The minimum Gasteiger partial charge on any atom is -0.494 e. The Morgan fingerprint density at radius 2 is 2.23 bits per heavy atom. The minimum atomic E-state index is 0.605. The standard InChI is InChI=1S/C10H11BrO2/c1-3-13-9-4-8(6-12)7(2)10(11)5-9/h4-6H,3H2,1-2H3. The number of carbonyl (C=O) groups excluding carboxylic acids is 1. The van der Waals surface area contributed by atoms with Crippen LogP contribution in [0.4, 0.5) is 0 Å². The van der Waals surface area contributed by atoms with Crippen LogP contribution in [0.15, 0.2) is 16.6 Å². The number of ether oxygens (including phenoxy) is 1. The van der Waals surface area contributed by atoms with E-state index in [1.54, 1.807) is 6.07 Å². The van der Waals surface area contributed by atoms with Gasteiger partial charge in [-0.15, -0.1) is 0 Å². The van der Waals surface area contributed by atoms with Crippen molar-refractivity contribution in [3.63, 3.8) is 0 Å². The highest BCUT2D eigenvalue weighted by Crippen LogP contribution is 2.25. The van der Waals surface area contributed by atoms with Gasteiger partial charge in [0.15, 0.2) is 0 Å². The Morgan fingerprint density at radius 3 is 2.77 bits per heavy atom. The smallest absolute Gasteiger partial charge is 0.150 e. The quantitative estimate of drug-likeness (QED) is 0.763. The second-order valence-electron chi connectivity index (χ2n) is 2.67. The Bertz CT molecular complexity index is 321. The number of halogens is 1. The van der Waals surface area contributed by atoms with Crippen LogP contribution in [0.2, 0.25) is 0 Å². The molecule has 0 unspecified atom stereocenters. The first-order valence-corrected chi connectivity index (χ1v) is 4.86. The molecule has 0 aromatic heterocycles. The van der Waals surface area contributed by atoms with Gasteiger partial charge in [0.1, 0.15) is 12.0 Å². The SMILES string of the molecule is CCOc1cc(Br)c(C)c(C=O)c1. The number of rotatable bonds is 3. The zero-order chi connectivity index (χ0) is 9.84. The molecule has 0 aliphatic carbocycles. The average molecular weight is 243 g/mol. The molecule has 70 valence electrons. The molecule has 0 saturated heterocycles. The van der Waals surface area contributed by atoms with Crippen molar-refractivity contribution < 1.29 is 9.53 Å². The van der Waals surface area contributed by atoms with Crippen LogP contribution in [0, 0.1) is 6.92 Å². The summed E-state index contributed by atoms with van der Waals surface area (Å²) in [6, 6.07) is 3.61. The van der Waals surface area contributed by atoms with E-state index in [1.165, 1.54) is 0 Å². The molecule has 0 fully saturated rings. The van der Waals surface area contributed by atoms with Crippen molar-refractivity contribution in [2.45, 2.75) is 13.8 Å². The van der Waals surface area contributed by atoms with Gasteiger partial charge in [-0.1, -0.05) is 15.9 Å². The molecular weight excluding hydrogens is 232 g/mol. The van der Waals surface area contributed by atoms with Gasteiger partial charge in [0.05, 0.1) is 6.61 Å². The summed E-state index contributed by atoms with van der Waals surface area (Å²) in [5.74, 6) is 0.724. The van der Waals surface area contributed by atoms with Crippen LogP contribution < -0.4 is 4.74 Å². The van der Waals surface area contributed by atoms with Gasteiger partial charge in [-0.3, -0.25) is 4.79 Å². The zero-order valence-corrected chi connectivity index (χ0v) is 9.22. The van der Waals surface area contributed by atoms with Crippen molar-refractivity contribution in [1.29, 1.82) is 0 Å². The second-order valence-corrected chi connectivity index (χ2v) is 3.52. The maximum atomic E-state index is 10.7. The predicted octanol–water partition coefficient (Wildman–Crippen LogP) is 2.97. The maximum Gasteiger partial charge on any atom is 0.150 e. The maximum absolute atomic E-state index is 10.7. The predicted molar refractivity (Wildman–Crippen MR) is 55.4 cm³/mol. The molecule has 0 heterocycles. The lowest BCUT2D eigenvalue weighted by atomic mass is 10.1. The van der Waals surface area contributed by atoms with Gasteiger partial charge in [0.2, 0.25) is 0 Å². The molecule has 0 atom stereocenters. The van der Waals surface area contributed by atoms with E-state index in [4.69, 9.17) is 4.74 Å². The third-order valence-corrected chi connectivity index (χ3v) is 2.62.